The molecule has 6 heteroatoms. The summed E-state index contributed by atoms with van der Waals surface area (Å²) < 4.78 is 19.8. The highest BCUT2D eigenvalue weighted by atomic mass is 19.1. The highest BCUT2D eigenvalue weighted by Gasteiger charge is 2.22. The van der Waals surface area contributed by atoms with Crippen LogP contribution in [0.25, 0.3) is 11.1 Å². The van der Waals surface area contributed by atoms with Crippen LogP contribution in [0.5, 0.6) is 5.75 Å². The summed E-state index contributed by atoms with van der Waals surface area (Å²) in [6.07, 6.45) is 1.12. The molecule has 0 saturated carbocycles. The minimum absolute atomic E-state index is 0.0397. The van der Waals surface area contributed by atoms with Gasteiger partial charge in [-0.05, 0) is 42.0 Å². The maximum atomic E-state index is 14.4. The zero-order valence-corrected chi connectivity index (χ0v) is 13.0. The first-order valence-corrected chi connectivity index (χ1v) is 7.26. The fourth-order valence-corrected chi connectivity index (χ4v) is 2.47. The lowest BCUT2D eigenvalue weighted by Crippen LogP contribution is -2.35. The number of carbonyl (C=O) groups excluding carboxylic acids is 2. The van der Waals surface area contributed by atoms with Crippen LogP contribution in [0.15, 0.2) is 49.1 Å². The third kappa shape index (κ3) is 2.86. The number of anilines is 2. The lowest BCUT2D eigenvalue weighted by atomic mass is 10.0. The number of nitrogens with zero attached hydrogens (tertiary/aromatic N) is 1. The van der Waals surface area contributed by atoms with Crippen molar-refractivity contribution in [1.82, 2.24) is 0 Å². The molecule has 24 heavy (non-hydrogen) atoms. The van der Waals surface area contributed by atoms with Gasteiger partial charge in [-0.3, -0.25) is 9.59 Å². The van der Waals surface area contributed by atoms with Crippen molar-refractivity contribution in [2.75, 3.05) is 23.9 Å². The molecule has 5 nitrogen and oxygen atoms in total. The Morgan fingerprint density at radius 2 is 2.12 bits per heavy atom. The van der Waals surface area contributed by atoms with E-state index in [0.29, 0.717) is 28.3 Å². The number of nitrogens with one attached hydrogen (secondary N) is 1. The van der Waals surface area contributed by atoms with Crippen LogP contribution < -0.4 is 15.0 Å². The maximum absolute atomic E-state index is 14.4. The Hall–Kier alpha value is -3.15. The third-order valence-electron chi connectivity index (χ3n) is 3.78. The van der Waals surface area contributed by atoms with Crippen LogP contribution in [0.3, 0.4) is 0 Å². The van der Waals surface area contributed by atoms with Gasteiger partial charge in [-0.25, -0.2) is 4.39 Å². The van der Waals surface area contributed by atoms with Gasteiger partial charge in [0.1, 0.15) is 11.6 Å². The molecule has 1 aliphatic rings. The fourth-order valence-electron chi connectivity index (χ4n) is 2.47. The number of amides is 2. The standard InChI is InChI=1S/C18H15FN2O3/c1-3-17(22)20-12-5-6-13(14(19)9-12)11-4-7-15-16(8-11)24-10-18(23)21(15)2/h3-9H,1,10H2,2H3,(H,20,22). The number of benzene rings is 2. The minimum atomic E-state index is -0.475. The van der Waals surface area contributed by atoms with Crippen LogP contribution in [0.2, 0.25) is 0 Å². The summed E-state index contributed by atoms with van der Waals surface area (Å²) in [6.45, 7) is 3.31. The Morgan fingerprint density at radius 3 is 2.83 bits per heavy atom. The molecule has 1 aliphatic heterocycles. The second kappa shape index (κ2) is 6.16. The second-order valence-electron chi connectivity index (χ2n) is 5.31. The fraction of sp³-hybridized carbons (Fsp3) is 0.111. The molecule has 0 atom stereocenters. The summed E-state index contributed by atoms with van der Waals surface area (Å²) in [6, 6.07) is 9.56. The molecule has 0 unspecified atom stereocenters. The summed E-state index contributed by atoms with van der Waals surface area (Å²) in [5.74, 6) is -0.490. The van der Waals surface area contributed by atoms with Crippen molar-refractivity contribution in [2.24, 2.45) is 0 Å². The van der Waals surface area contributed by atoms with E-state index in [1.807, 2.05) is 0 Å². The second-order valence-corrected chi connectivity index (χ2v) is 5.31. The van der Waals surface area contributed by atoms with E-state index < -0.39 is 11.7 Å². The molecule has 3 rings (SSSR count). The topological polar surface area (TPSA) is 58.6 Å². The first-order valence-electron chi connectivity index (χ1n) is 7.26. The van der Waals surface area contributed by atoms with Gasteiger partial charge in [0.2, 0.25) is 5.91 Å². The number of halogens is 1. The van der Waals surface area contributed by atoms with Crippen molar-refractivity contribution >= 4 is 23.2 Å². The molecule has 0 fully saturated rings. The largest absolute Gasteiger partial charge is 0.482 e. The number of rotatable bonds is 3. The van der Waals surface area contributed by atoms with E-state index in [2.05, 4.69) is 11.9 Å². The highest BCUT2D eigenvalue weighted by molar-refractivity contribution is 5.99. The third-order valence-corrected chi connectivity index (χ3v) is 3.78. The van der Waals surface area contributed by atoms with Gasteiger partial charge in [-0.15, -0.1) is 0 Å². The lowest BCUT2D eigenvalue weighted by Gasteiger charge is -2.26. The Balaban J connectivity index is 1.94. The summed E-state index contributed by atoms with van der Waals surface area (Å²) in [4.78, 5) is 24.4. The predicted molar refractivity (Wildman–Crippen MR) is 89.6 cm³/mol. The van der Waals surface area contributed by atoms with Crippen molar-refractivity contribution in [3.63, 3.8) is 0 Å². The van der Waals surface area contributed by atoms with E-state index in [1.165, 1.54) is 11.0 Å². The number of hydrogen-bond donors (Lipinski definition) is 1. The number of ether oxygens (including phenoxy) is 1. The molecule has 0 aromatic heterocycles. The minimum Gasteiger partial charge on any atom is -0.482 e. The molecule has 0 spiro atoms. The van der Waals surface area contributed by atoms with Gasteiger partial charge in [0.05, 0.1) is 5.69 Å². The molecule has 2 aromatic carbocycles. The van der Waals surface area contributed by atoms with E-state index in [1.54, 1.807) is 37.4 Å². The number of hydrogen-bond acceptors (Lipinski definition) is 3. The van der Waals surface area contributed by atoms with Gasteiger partial charge in [0.15, 0.2) is 6.61 Å². The van der Waals surface area contributed by atoms with Gasteiger partial charge < -0.3 is 15.0 Å². The molecule has 0 saturated heterocycles. The molecule has 122 valence electrons. The van der Waals surface area contributed by atoms with Crippen LogP contribution in [-0.4, -0.2) is 25.5 Å². The average molecular weight is 326 g/mol. The van der Waals surface area contributed by atoms with Crippen molar-refractivity contribution in [1.29, 1.82) is 0 Å². The van der Waals surface area contributed by atoms with Crippen molar-refractivity contribution in [2.45, 2.75) is 0 Å². The van der Waals surface area contributed by atoms with Crippen molar-refractivity contribution in [3.05, 3.63) is 54.9 Å². The summed E-state index contributed by atoms with van der Waals surface area (Å²) in [7, 11) is 1.67. The molecule has 2 amide bonds. The Morgan fingerprint density at radius 1 is 1.33 bits per heavy atom. The Labute approximate surface area is 138 Å². The number of fused-ring (bicyclic) bond motifs is 1. The smallest absolute Gasteiger partial charge is 0.264 e. The quantitative estimate of drug-likeness (QED) is 0.882. The number of likely N-dealkylation sites (N-methyl/N-ethyl adjacent to an activating group) is 1. The highest BCUT2D eigenvalue weighted by Crippen LogP contribution is 2.36. The number of carbonyl (C=O) groups is 2. The molecular formula is C18H15FN2O3. The van der Waals surface area contributed by atoms with Gasteiger partial charge in [-0.1, -0.05) is 12.6 Å². The first-order chi connectivity index (χ1) is 11.5. The molecule has 2 aromatic rings. The van der Waals surface area contributed by atoms with Gasteiger partial charge in [0.25, 0.3) is 5.91 Å². The van der Waals surface area contributed by atoms with E-state index in [4.69, 9.17) is 4.74 Å². The van der Waals surface area contributed by atoms with Crippen molar-refractivity contribution in [3.8, 4) is 16.9 Å². The first kappa shape index (κ1) is 15.7. The SMILES string of the molecule is C=CC(=O)Nc1ccc(-c2ccc3c(c2)OCC(=O)N3C)c(F)c1. The summed E-state index contributed by atoms with van der Waals surface area (Å²) in [5.41, 5.74) is 1.99. The van der Waals surface area contributed by atoms with Gasteiger partial charge in [0, 0.05) is 18.3 Å². The van der Waals surface area contributed by atoms with Gasteiger partial charge >= 0.3 is 0 Å². The van der Waals surface area contributed by atoms with E-state index in [9.17, 15) is 14.0 Å². The lowest BCUT2D eigenvalue weighted by molar-refractivity contribution is -0.121. The van der Waals surface area contributed by atoms with Crippen LogP contribution in [0, 0.1) is 5.82 Å². The van der Waals surface area contributed by atoms with Crippen LogP contribution in [0.4, 0.5) is 15.8 Å². The summed E-state index contributed by atoms with van der Waals surface area (Å²) in [5, 5.41) is 2.51. The normalized spacial score (nSPS) is 13.1. The molecular weight excluding hydrogens is 311 g/mol. The zero-order valence-electron chi connectivity index (χ0n) is 13.0. The van der Waals surface area contributed by atoms with Crippen molar-refractivity contribution < 1.29 is 18.7 Å². The molecule has 1 heterocycles. The average Bonchev–Trinajstić information content (AvgIpc) is 2.58. The molecule has 0 bridgehead atoms. The monoisotopic (exact) mass is 326 g/mol. The maximum Gasteiger partial charge on any atom is 0.264 e. The van der Waals surface area contributed by atoms with E-state index in [0.717, 1.165) is 6.08 Å². The van der Waals surface area contributed by atoms with E-state index in [-0.39, 0.29) is 12.5 Å². The van der Waals surface area contributed by atoms with E-state index >= 15 is 0 Å². The predicted octanol–water partition coefficient (Wildman–Crippen LogP) is 2.97. The summed E-state index contributed by atoms with van der Waals surface area (Å²) >= 11 is 0. The van der Waals surface area contributed by atoms with Crippen LogP contribution in [0.1, 0.15) is 0 Å². The van der Waals surface area contributed by atoms with Crippen LogP contribution in [-0.2, 0) is 9.59 Å². The van der Waals surface area contributed by atoms with Crippen LogP contribution >= 0.6 is 0 Å². The zero-order chi connectivity index (χ0) is 17.3. The molecule has 0 radical (unpaired) electrons. The Bertz CT molecular complexity index is 848. The molecule has 0 aliphatic carbocycles. The Kier molecular flexibility index (Phi) is 4.04. The molecule has 1 N–H and O–H groups in total. The van der Waals surface area contributed by atoms with Gasteiger partial charge in [-0.2, -0.15) is 0 Å².